The van der Waals surface area contributed by atoms with Gasteiger partial charge in [-0.05, 0) is 35.3 Å². The molecule has 21 heavy (non-hydrogen) atoms. The van der Waals surface area contributed by atoms with E-state index in [4.69, 9.17) is 4.42 Å². The minimum absolute atomic E-state index is 0.461. The van der Waals surface area contributed by atoms with Crippen LogP contribution < -0.4 is 0 Å². The quantitative estimate of drug-likeness (QED) is 0.572. The van der Waals surface area contributed by atoms with E-state index in [1.807, 2.05) is 41.8 Å². The monoisotopic (exact) mass is 312 g/mol. The number of nitrogens with zero attached hydrogens (tertiary/aromatic N) is 4. The zero-order valence-electron chi connectivity index (χ0n) is 10.6. The number of fused-ring (bicyclic) bond motifs is 1. The van der Waals surface area contributed by atoms with Crippen LogP contribution >= 0.6 is 23.1 Å². The van der Waals surface area contributed by atoms with Crippen LogP contribution in [0.2, 0.25) is 0 Å². The van der Waals surface area contributed by atoms with Crippen LogP contribution in [0, 0.1) is 0 Å². The highest BCUT2D eigenvalue weighted by Crippen LogP contribution is 2.29. The first-order valence-corrected chi connectivity index (χ1v) is 7.85. The van der Waals surface area contributed by atoms with Crippen molar-refractivity contribution in [1.29, 1.82) is 0 Å². The van der Waals surface area contributed by atoms with Gasteiger partial charge in [-0.25, -0.2) is 4.98 Å². The summed E-state index contributed by atoms with van der Waals surface area (Å²) in [5.74, 6) is 0.529. The molecule has 7 heteroatoms. The van der Waals surface area contributed by atoms with E-state index in [2.05, 4.69) is 20.2 Å². The lowest BCUT2D eigenvalue weighted by atomic mass is 10.3. The molecule has 4 rings (SSSR count). The molecule has 0 radical (unpaired) electrons. The Bertz CT molecular complexity index is 889. The Balaban J connectivity index is 1.62. The van der Waals surface area contributed by atoms with Gasteiger partial charge in [0, 0.05) is 0 Å². The van der Waals surface area contributed by atoms with Crippen molar-refractivity contribution >= 4 is 34.1 Å². The lowest BCUT2D eigenvalue weighted by Crippen LogP contribution is -1.86. The molecular formula is C14H8N4OS2. The van der Waals surface area contributed by atoms with Gasteiger partial charge in [0.25, 0.3) is 11.1 Å². The molecule has 1 aromatic carbocycles. The first kappa shape index (κ1) is 12.5. The average Bonchev–Trinajstić information content (AvgIpc) is 3.18. The normalized spacial score (nSPS) is 11.0. The van der Waals surface area contributed by atoms with Gasteiger partial charge in [0.05, 0.1) is 22.1 Å². The van der Waals surface area contributed by atoms with E-state index in [1.165, 1.54) is 11.8 Å². The number of para-hydroxylation sites is 2. The summed E-state index contributed by atoms with van der Waals surface area (Å²) in [7, 11) is 0. The van der Waals surface area contributed by atoms with Crippen LogP contribution in [0.4, 0.5) is 0 Å². The third-order valence-electron chi connectivity index (χ3n) is 2.76. The minimum atomic E-state index is 0.461. The smallest absolute Gasteiger partial charge is 0.283 e. The Morgan fingerprint density at radius 2 is 1.90 bits per heavy atom. The molecule has 0 saturated heterocycles. The zero-order valence-corrected chi connectivity index (χ0v) is 12.3. The molecule has 3 heterocycles. The van der Waals surface area contributed by atoms with Gasteiger partial charge in [-0.2, -0.15) is 0 Å². The van der Waals surface area contributed by atoms with E-state index in [-0.39, 0.29) is 0 Å². The van der Waals surface area contributed by atoms with Gasteiger partial charge in [0.2, 0.25) is 0 Å². The van der Waals surface area contributed by atoms with Crippen molar-refractivity contribution in [3.8, 4) is 10.8 Å². The number of benzene rings is 1. The zero-order chi connectivity index (χ0) is 14.1. The average molecular weight is 312 g/mol. The predicted molar refractivity (Wildman–Crippen MR) is 81.3 cm³/mol. The van der Waals surface area contributed by atoms with Crippen molar-refractivity contribution in [2.75, 3.05) is 0 Å². The van der Waals surface area contributed by atoms with Gasteiger partial charge in [-0.1, -0.05) is 18.2 Å². The summed E-state index contributed by atoms with van der Waals surface area (Å²) in [6.07, 6.45) is 1.71. The SMILES string of the molecule is c1csc(-c2nnc(Sc3cnc4ccccc4n3)o2)c1. The molecule has 5 nitrogen and oxygen atoms in total. The van der Waals surface area contributed by atoms with Crippen molar-refractivity contribution in [2.45, 2.75) is 10.2 Å². The maximum Gasteiger partial charge on any atom is 0.283 e. The maximum absolute atomic E-state index is 5.63. The highest BCUT2D eigenvalue weighted by Gasteiger charge is 2.11. The highest BCUT2D eigenvalue weighted by molar-refractivity contribution is 7.99. The topological polar surface area (TPSA) is 64.7 Å². The van der Waals surface area contributed by atoms with E-state index < -0.39 is 0 Å². The standard InChI is InChI=1S/C14H8N4OS2/c1-2-5-10-9(4-1)15-8-12(16-10)21-14-18-17-13(19-14)11-6-3-7-20-11/h1-8H. The third kappa shape index (κ3) is 2.53. The van der Waals surface area contributed by atoms with Crippen molar-refractivity contribution in [3.63, 3.8) is 0 Å². The van der Waals surface area contributed by atoms with Gasteiger partial charge in [0.1, 0.15) is 5.03 Å². The lowest BCUT2D eigenvalue weighted by Gasteiger charge is -1.98. The van der Waals surface area contributed by atoms with E-state index in [9.17, 15) is 0 Å². The Morgan fingerprint density at radius 3 is 2.76 bits per heavy atom. The number of thiophene rings is 1. The van der Waals surface area contributed by atoms with Crippen molar-refractivity contribution in [3.05, 3.63) is 48.0 Å². The minimum Gasteiger partial charge on any atom is -0.410 e. The first-order valence-electron chi connectivity index (χ1n) is 6.15. The molecule has 0 unspecified atom stereocenters. The van der Waals surface area contributed by atoms with E-state index in [0.717, 1.165) is 20.9 Å². The second-order valence-corrected chi connectivity index (χ2v) is 6.07. The first-order chi connectivity index (χ1) is 10.4. The number of hydrogen-bond acceptors (Lipinski definition) is 7. The molecule has 0 atom stereocenters. The highest BCUT2D eigenvalue weighted by atomic mass is 32.2. The second kappa shape index (κ2) is 5.27. The van der Waals surface area contributed by atoms with Crippen LogP contribution in [0.3, 0.4) is 0 Å². The molecule has 102 valence electrons. The second-order valence-electron chi connectivity index (χ2n) is 4.15. The maximum atomic E-state index is 5.63. The van der Waals surface area contributed by atoms with Crippen molar-refractivity contribution in [2.24, 2.45) is 0 Å². The summed E-state index contributed by atoms with van der Waals surface area (Å²) in [4.78, 5) is 9.84. The molecule has 0 N–H and O–H groups in total. The molecular weight excluding hydrogens is 304 g/mol. The Morgan fingerprint density at radius 1 is 1.00 bits per heavy atom. The van der Waals surface area contributed by atoms with Crippen LogP contribution in [0.5, 0.6) is 0 Å². The van der Waals surface area contributed by atoms with Gasteiger partial charge in [-0.3, -0.25) is 4.98 Å². The van der Waals surface area contributed by atoms with E-state index >= 15 is 0 Å². The molecule has 0 aliphatic heterocycles. The van der Waals surface area contributed by atoms with Crippen LogP contribution in [-0.4, -0.2) is 20.2 Å². The van der Waals surface area contributed by atoms with Crippen LogP contribution in [0.15, 0.2) is 62.6 Å². The number of hydrogen-bond donors (Lipinski definition) is 0. The summed E-state index contributed by atoms with van der Waals surface area (Å²) in [6.45, 7) is 0. The fourth-order valence-corrected chi connectivity index (χ4v) is 3.10. The molecule has 0 aliphatic carbocycles. The molecule has 4 aromatic rings. The summed E-state index contributed by atoms with van der Waals surface area (Å²) in [5.41, 5.74) is 1.71. The molecule has 0 bridgehead atoms. The van der Waals surface area contributed by atoms with Gasteiger partial charge in [-0.15, -0.1) is 21.5 Å². The van der Waals surface area contributed by atoms with E-state index in [1.54, 1.807) is 17.5 Å². The lowest BCUT2D eigenvalue weighted by molar-refractivity contribution is 0.466. The Kier molecular flexibility index (Phi) is 3.13. The summed E-state index contributed by atoms with van der Waals surface area (Å²) < 4.78 is 5.63. The van der Waals surface area contributed by atoms with Crippen molar-refractivity contribution in [1.82, 2.24) is 20.2 Å². The molecule has 0 spiro atoms. The molecule has 3 aromatic heterocycles. The number of aromatic nitrogens is 4. The van der Waals surface area contributed by atoms with Crippen LogP contribution in [0.1, 0.15) is 0 Å². The van der Waals surface area contributed by atoms with E-state index in [0.29, 0.717) is 11.1 Å². The Hall–Kier alpha value is -2.25. The van der Waals surface area contributed by atoms with Gasteiger partial charge >= 0.3 is 0 Å². The molecule has 0 saturated carbocycles. The third-order valence-corrected chi connectivity index (χ3v) is 4.36. The van der Waals surface area contributed by atoms with Crippen molar-refractivity contribution < 1.29 is 4.42 Å². The molecule has 0 amide bonds. The van der Waals surface area contributed by atoms with Gasteiger partial charge in [0.15, 0.2) is 0 Å². The van der Waals surface area contributed by atoms with Crippen LogP contribution in [-0.2, 0) is 0 Å². The molecule has 0 fully saturated rings. The van der Waals surface area contributed by atoms with Crippen LogP contribution in [0.25, 0.3) is 21.8 Å². The summed E-state index contributed by atoms with van der Waals surface area (Å²) in [5, 5.41) is 11.2. The fraction of sp³-hybridized carbons (Fsp3) is 0. The Labute approximate surface area is 128 Å². The predicted octanol–water partition coefficient (Wildman–Crippen LogP) is 3.89. The fourth-order valence-electron chi connectivity index (χ4n) is 1.83. The largest absolute Gasteiger partial charge is 0.410 e. The summed E-state index contributed by atoms with van der Waals surface area (Å²) in [6, 6.07) is 11.6. The number of rotatable bonds is 3. The summed E-state index contributed by atoms with van der Waals surface area (Å²) >= 11 is 2.88. The van der Waals surface area contributed by atoms with Gasteiger partial charge < -0.3 is 4.42 Å². The molecule has 0 aliphatic rings.